The smallest absolute Gasteiger partial charge is 0.125 e. The summed E-state index contributed by atoms with van der Waals surface area (Å²) in [7, 11) is 0. The third-order valence-electron chi connectivity index (χ3n) is 7.57. The minimum Gasteiger partial charge on any atom is -0.369 e. The maximum Gasteiger partial charge on any atom is 0.125 e. The number of benzene rings is 2. The van der Waals surface area contributed by atoms with Crippen LogP contribution in [-0.2, 0) is 6.54 Å². The molecule has 4 rings (SSSR count). The highest BCUT2D eigenvalue weighted by molar-refractivity contribution is 6.30. The van der Waals surface area contributed by atoms with Crippen molar-refractivity contribution >= 4 is 40.6 Å². The third-order valence-corrected chi connectivity index (χ3v) is 8.38. The molecule has 1 saturated heterocycles. The van der Waals surface area contributed by atoms with Gasteiger partial charge in [0.15, 0.2) is 0 Å². The molecule has 5 nitrogen and oxygen atoms in total. The molecule has 2 aliphatic rings. The standard InChI is InChI=1S/C34H42Cl3N5/c1-2-3-4-7-29(24-38)34(40-25-26-6-5-8-32(37)23-26)39-17-18-41-19-21-42(22-20-41)33(27-9-13-30(35)14-10-27)28-11-15-31(36)16-12-28/h3-15,23,31,33H,2,16-22,24-25,38H2,1H3,(H,39,40)/b4-3-,29-7+. The molecule has 2 unspecified atom stereocenters. The summed E-state index contributed by atoms with van der Waals surface area (Å²) in [4.78, 5) is 9.99. The third kappa shape index (κ3) is 9.84. The lowest BCUT2D eigenvalue weighted by Gasteiger charge is -2.40. The summed E-state index contributed by atoms with van der Waals surface area (Å²) in [5.74, 6) is 0.841. The fraction of sp³-hybridized carbons (Fsp3) is 0.382. The first-order chi connectivity index (χ1) is 20.5. The van der Waals surface area contributed by atoms with Crippen molar-refractivity contribution in [2.75, 3.05) is 45.8 Å². The van der Waals surface area contributed by atoms with E-state index >= 15 is 0 Å². The van der Waals surface area contributed by atoms with E-state index in [0.717, 1.165) is 74.1 Å². The highest BCUT2D eigenvalue weighted by Crippen LogP contribution is 2.33. The lowest BCUT2D eigenvalue weighted by Crippen LogP contribution is -2.49. The fourth-order valence-corrected chi connectivity index (χ4v) is 5.79. The first-order valence-corrected chi connectivity index (χ1v) is 16.0. The number of hydrogen-bond acceptors (Lipinski definition) is 4. The Morgan fingerprint density at radius 1 is 1.10 bits per heavy atom. The Hall–Kier alpha value is -2.38. The van der Waals surface area contributed by atoms with Gasteiger partial charge < -0.3 is 11.1 Å². The van der Waals surface area contributed by atoms with Crippen molar-refractivity contribution in [3.05, 3.63) is 117 Å². The van der Waals surface area contributed by atoms with Gasteiger partial charge in [-0.2, -0.15) is 0 Å². The van der Waals surface area contributed by atoms with Crippen molar-refractivity contribution in [2.45, 2.75) is 37.7 Å². The summed E-state index contributed by atoms with van der Waals surface area (Å²) >= 11 is 18.8. The van der Waals surface area contributed by atoms with Crippen molar-refractivity contribution in [3.8, 4) is 0 Å². The maximum absolute atomic E-state index is 6.34. The van der Waals surface area contributed by atoms with E-state index in [0.29, 0.717) is 18.1 Å². The van der Waals surface area contributed by atoms with E-state index in [1.807, 2.05) is 36.4 Å². The van der Waals surface area contributed by atoms with Crippen LogP contribution in [0.15, 0.2) is 101 Å². The molecule has 3 N–H and O–H groups in total. The van der Waals surface area contributed by atoms with E-state index in [4.69, 9.17) is 45.5 Å². The molecule has 8 heteroatoms. The largest absolute Gasteiger partial charge is 0.369 e. The van der Waals surface area contributed by atoms with Crippen LogP contribution in [0.1, 0.15) is 36.9 Å². The van der Waals surface area contributed by atoms with Crippen molar-refractivity contribution in [1.82, 2.24) is 15.1 Å². The Bertz CT molecular complexity index is 1290. The van der Waals surface area contributed by atoms with Crippen LogP contribution in [0.3, 0.4) is 0 Å². The van der Waals surface area contributed by atoms with Gasteiger partial charge >= 0.3 is 0 Å². The number of nitrogens with zero attached hydrogens (tertiary/aromatic N) is 3. The quantitative estimate of drug-likeness (QED) is 0.113. The van der Waals surface area contributed by atoms with Gasteiger partial charge in [-0.05, 0) is 53.8 Å². The molecule has 1 fully saturated rings. The number of piperazine rings is 1. The van der Waals surface area contributed by atoms with Gasteiger partial charge in [0.1, 0.15) is 5.84 Å². The summed E-state index contributed by atoms with van der Waals surface area (Å²) in [6, 6.07) is 16.3. The van der Waals surface area contributed by atoms with Crippen LogP contribution >= 0.6 is 34.8 Å². The number of hydrogen-bond donors (Lipinski definition) is 2. The molecular formula is C34H42Cl3N5. The van der Waals surface area contributed by atoms with E-state index in [2.05, 4.69) is 70.6 Å². The van der Waals surface area contributed by atoms with Gasteiger partial charge in [-0.3, -0.25) is 14.8 Å². The summed E-state index contributed by atoms with van der Waals surface area (Å²) in [6.07, 6.45) is 14.7. The van der Waals surface area contributed by atoms with Gasteiger partial charge in [-0.1, -0.05) is 90.8 Å². The fourth-order valence-electron chi connectivity index (χ4n) is 5.29. The number of nitrogens with one attached hydrogen (secondary N) is 1. The molecule has 224 valence electrons. The second-order valence-electron chi connectivity index (χ2n) is 10.6. The van der Waals surface area contributed by atoms with Crippen LogP contribution in [0.4, 0.5) is 0 Å². The zero-order valence-corrected chi connectivity index (χ0v) is 26.6. The highest BCUT2D eigenvalue weighted by Gasteiger charge is 2.28. The predicted octanol–water partition coefficient (Wildman–Crippen LogP) is 7.19. The molecule has 0 aromatic heterocycles. The SMILES string of the molecule is CC/C=C\C=C(/CN)C(=NCc1cccc(Cl)c1)NCCN1CCN(C(C2=CCC(Cl)C=C2)c2ccc(Cl)cc2)CC1. The Kier molecular flexibility index (Phi) is 13.2. The van der Waals surface area contributed by atoms with E-state index < -0.39 is 0 Å². The van der Waals surface area contributed by atoms with Crippen molar-refractivity contribution in [2.24, 2.45) is 10.7 Å². The molecular weight excluding hydrogens is 585 g/mol. The normalized spacial score (nSPS) is 19.7. The van der Waals surface area contributed by atoms with Gasteiger partial charge in [0.2, 0.25) is 0 Å². The number of aliphatic imine (C=N–C) groups is 1. The molecule has 1 aliphatic carbocycles. The average molecular weight is 627 g/mol. The van der Waals surface area contributed by atoms with E-state index in [9.17, 15) is 0 Å². The van der Waals surface area contributed by atoms with E-state index in [1.165, 1.54) is 11.1 Å². The molecule has 0 bridgehead atoms. The summed E-state index contributed by atoms with van der Waals surface area (Å²) < 4.78 is 0. The number of halogens is 3. The minimum absolute atomic E-state index is 0.0696. The number of allylic oxidation sites excluding steroid dienone is 5. The van der Waals surface area contributed by atoms with Gasteiger partial charge in [-0.25, -0.2) is 0 Å². The summed E-state index contributed by atoms with van der Waals surface area (Å²) in [5, 5.41) is 5.13. The monoisotopic (exact) mass is 625 g/mol. The maximum atomic E-state index is 6.34. The lowest BCUT2D eigenvalue weighted by atomic mass is 9.92. The van der Waals surface area contributed by atoms with Crippen LogP contribution in [-0.4, -0.2) is 66.8 Å². The molecule has 0 radical (unpaired) electrons. The summed E-state index contributed by atoms with van der Waals surface area (Å²) in [6.45, 7) is 8.73. The number of nitrogens with two attached hydrogens (primary N) is 1. The summed E-state index contributed by atoms with van der Waals surface area (Å²) in [5.41, 5.74) is 10.8. The van der Waals surface area contributed by atoms with Crippen molar-refractivity contribution in [3.63, 3.8) is 0 Å². The molecule has 1 aliphatic heterocycles. The van der Waals surface area contributed by atoms with Crippen LogP contribution in [0.25, 0.3) is 0 Å². The lowest BCUT2D eigenvalue weighted by molar-refractivity contribution is 0.110. The molecule has 0 saturated carbocycles. The van der Waals surface area contributed by atoms with Crippen LogP contribution in [0, 0.1) is 0 Å². The Morgan fingerprint density at radius 3 is 2.55 bits per heavy atom. The molecule has 2 aromatic carbocycles. The Morgan fingerprint density at radius 2 is 1.88 bits per heavy atom. The van der Waals surface area contributed by atoms with Crippen molar-refractivity contribution < 1.29 is 0 Å². The van der Waals surface area contributed by atoms with Crippen molar-refractivity contribution in [1.29, 1.82) is 0 Å². The molecule has 2 atom stereocenters. The van der Waals surface area contributed by atoms with Crippen LogP contribution < -0.4 is 11.1 Å². The van der Waals surface area contributed by atoms with Crippen LogP contribution in [0.2, 0.25) is 10.0 Å². The predicted molar refractivity (Wildman–Crippen MR) is 181 cm³/mol. The van der Waals surface area contributed by atoms with Gasteiger partial charge in [0.05, 0.1) is 18.0 Å². The molecule has 0 spiro atoms. The Labute approximate surface area is 266 Å². The molecule has 1 heterocycles. The number of alkyl halides is 1. The van der Waals surface area contributed by atoms with E-state index in [-0.39, 0.29) is 11.4 Å². The van der Waals surface area contributed by atoms with E-state index in [1.54, 1.807) is 0 Å². The minimum atomic E-state index is 0.0696. The molecule has 0 amide bonds. The zero-order valence-electron chi connectivity index (χ0n) is 24.4. The average Bonchev–Trinajstić information content (AvgIpc) is 3.00. The number of rotatable bonds is 12. The van der Waals surface area contributed by atoms with Gasteiger partial charge in [0.25, 0.3) is 0 Å². The topological polar surface area (TPSA) is 56.9 Å². The molecule has 42 heavy (non-hydrogen) atoms. The Balaban J connectivity index is 1.38. The second-order valence-corrected chi connectivity index (χ2v) is 12.0. The van der Waals surface area contributed by atoms with Gasteiger partial charge in [0, 0.05) is 61.4 Å². The second kappa shape index (κ2) is 17.0. The van der Waals surface area contributed by atoms with Gasteiger partial charge in [-0.15, -0.1) is 11.6 Å². The number of amidine groups is 1. The first-order valence-electron chi connectivity index (χ1n) is 14.8. The molecule has 2 aromatic rings. The zero-order chi connectivity index (χ0) is 29.7. The first kappa shape index (κ1) is 32.5. The van der Waals surface area contributed by atoms with Crippen LogP contribution in [0.5, 0.6) is 0 Å². The highest BCUT2D eigenvalue weighted by atomic mass is 35.5.